The molecular formula is C21H22F2N2O2. The van der Waals surface area contributed by atoms with Crippen molar-refractivity contribution in [3.8, 4) is 0 Å². The Kier molecular flexibility index (Phi) is 6.16. The lowest BCUT2D eigenvalue weighted by Crippen LogP contribution is -2.38. The van der Waals surface area contributed by atoms with Gasteiger partial charge in [-0.25, -0.2) is 8.78 Å². The Morgan fingerprint density at radius 1 is 0.815 bits per heavy atom. The third-order valence-corrected chi connectivity index (χ3v) is 4.75. The molecule has 0 aliphatic carbocycles. The second-order valence-corrected chi connectivity index (χ2v) is 6.69. The maximum Gasteiger partial charge on any atom is 0.227 e. The van der Waals surface area contributed by atoms with Gasteiger partial charge in [-0.05, 0) is 35.7 Å². The van der Waals surface area contributed by atoms with Gasteiger partial charge in [-0.2, -0.15) is 0 Å². The van der Waals surface area contributed by atoms with Gasteiger partial charge >= 0.3 is 0 Å². The molecule has 4 nitrogen and oxygen atoms in total. The number of halogens is 2. The first kappa shape index (κ1) is 19.0. The van der Waals surface area contributed by atoms with Gasteiger partial charge in [0.2, 0.25) is 11.8 Å². The molecule has 2 aromatic carbocycles. The molecule has 1 saturated heterocycles. The Morgan fingerprint density at radius 2 is 1.48 bits per heavy atom. The summed E-state index contributed by atoms with van der Waals surface area (Å²) in [6, 6.07) is 12.3. The van der Waals surface area contributed by atoms with Crippen molar-refractivity contribution in [1.82, 2.24) is 9.80 Å². The second kappa shape index (κ2) is 8.75. The lowest BCUT2D eigenvalue weighted by molar-refractivity contribution is -0.132. The minimum Gasteiger partial charge on any atom is -0.341 e. The fourth-order valence-corrected chi connectivity index (χ4v) is 3.27. The summed E-state index contributed by atoms with van der Waals surface area (Å²) < 4.78 is 27.0. The number of hydrogen-bond acceptors (Lipinski definition) is 2. The van der Waals surface area contributed by atoms with Crippen LogP contribution in [0.5, 0.6) is 0 Å². The first-order chi connectivity index (χ1) is 13.0. The van der Waals surface area contributed by atoms with Gasteiger partial charge in [-0.3, -0.25) is 9.59 Å². The Morgan fingerprint density at radius 3 is 2.15 bits per heavy atom. The van der Waals surface area contributed by atoms with Crippen LogP contribution in [0.15, 0.2) is 48.5 Å². The molecule has 2 aromatic rings. The van der Waals surface area contributed by atoms with E-state index in [2.05, 4.69) is 0 Å². The molecule has 0 radical (unpaired) electrons. The molecular weight excluding hydrogens is 350 g/mol. The summed E-state index contributed by atoms with van der Waals surface area (Å²) in [5.41, 5.74) is 1.02. The number of carbonyl (C=O) groups is 2. The van der Waals surface area contributed by atoms with Crippen LogP contribution < -0.4 is 0 Å². The van der Waals surface area contributed by atoms with E-state index in [-0.39, 0.29) is 36.3 Å². The van der Waals surface area contributed by atoms with Crippen LogP contribution in [0, 0.1) is 11.6 Å². The molecule has 1 aliphatic rings. The molecule has 0 N–H and O–H groups in total. The highest BCUT2D eigenvalue weighted by molar-refractivity contribution is 5.80. The third-order valence-electron chi connectivity index (χ3n) is 4.75. The largest absolute Gasteiger partial charge is 0.341 e. The van der Waals surface area contributed by atoms with E-state index in [0.29, 0.717) is 43.7 Å². The number of amides is 2. The minimum atomic E-state index is -0.382. The molecule has 0 spiro atoms. The second-order valence-electron chi connectivity index (χ2n) is 6.69. The van der Waals surface area contributed by atoms with Crippen molar-refractivity contribution >= 4 is 11.8 Å². The third kappa shape index (κ3) is 5.12. The predicted molar refractivity (Wildman–Crippen MR) is 98.0 cm³/mol. The van der Waals surface area contributed by atoms with E-state index in [9.17, 15) is 18.4 Å². The zero-order valence-electron chi connectivity index (χ0n) is 15.0. The molecule has 2 amide bonds. The summed E-state index contributed by atoms with van der Waals surface area (Å²) in [6.07, 6.45) is 0.822. The molecule has 142 valence electrons. The highest BCUT2D eigenvalue weighted by Gasteiger charge is 2.22. The predicted octanol–water partition coefficient (Wildman–Crippen LogP) is 2.81. The summed E-state index contributed by atoms with van der Waals surface area (Å²) in [5.74, 6) is -0.961. The van der Waals surface area contributed by atoms with Gasteiger partial charge < -0.3 is 9.80 Å². The van der Waals surface area contributed by atoms with E-state index >= 15 is 0 Å². The van der Waals surface area contributed by atoms with Gasteiger partial charge in [0.15, 0.2) is 0 Å². The summed E-state index contributed by atoms with van der Waals surface area (Å²) >= 11 is 0. The van der Waals surface area contributed by atoms with E-state index in [4.69, 9.17) is 0 Å². The van der Waals surface area contributed by atoms with Crippen molar-refractivity contribution in [2.45, 2.75) is 19.3 Å². The Hall–Kier alpha value is -2.76. The molecule has 27 heavy (non-hydrogen) atoms. The highest BCUT2D eigenvalue weighted by atomic mass is 19.1. The standard InChI is InChI=1S/C21H22F2N2O2/c22-18-7-3-5-16(13-18)14-20(26)24-9-4-10-25(12-11-24)21(27)15-17-6-1-2-8-19(17)23/h1-3,5-8,13H,4,9-12,14-15H2. The fourth-order valence-electron chi connectivity index (χ4n) is 3.27. The van der Waals surface area contributed by atoms with Crippen LogP contribution in [0.25, 0.3) is 0 Å². The maximum absolute atomic E-state index is 13.8. The number of carbonyl (C=O) groups excluding carboxylic acids is 2. The van der Waals surface area contributed by atoms with Crippen LogP contribution in [0.4, 0.5) is 8.78 Å². The Balaban J connectivity index is 1.56. The Labute approximate surface area is 157 Å². The van der Waals surface area contributed by atoms with Crippen LogP contribution >= 0.6 is 0 Å². The van der Waals surface area contributed by atoms with E-state index in [1.54, 1.807) is 40.1 Å². The van der Waals surface area contributed by atoms with Crippen LogP contribution in [0.3, 0.4) is 0 Å². The van der Waals surface area contributed by atoms with E-state index in [1.165, 1.54) is 18.2 Å². The topological polar surface area (TPSA) is 40.6 Å². The van der Waals surface area contributed by atoms with E-state index < -0.39 is 0 Å². The van der Waals surface area contributed by atoms with Gasteiger partial charge in [0.25, 0.3) is 0 Å². The van der Waals surface area contributed by atoms with Gasteiger partial charge in [0.1, 0.15) is 11.6 Å². The van der Waals surface area contributed by atoms with Crippen molar-refractivity contribution in [2.75, 3.05) is 26.2 Å². The summed E-state index contributed by atoms with van der Waals surface area (Å²) in [5, 5.41) is 0. The summed E-state index contributed by atoms with van der Waals surface area (Å²) in [7, 11) is 0. The molecule has 0 atom stereocenters. The van der Waals surface area contributed by atoms with Crippen LogP contribution in [0.1, 0.15) is 17.5 Å². The summed E-state index contributed by atoms with van der Waals surface area (Å²) in [4.78, 5) is 28.4. The molecule has 0 unspecified atom stereocenters. The summed E-state index contributed by atoms with van der Waals surface area (Å²) in [6.45, 7) is 1.94. The molecule has 1 heterocycles. The smallest absolute Gasteiger partial charge is 0.227 e. The number of rotatable bonds is 4. The lowest BCUT2D eigenvalue weighted by atomic mass is 10.1. The monoisotopic (exact) mass is 372 g/mol. The molecule has 3 rings (SSSR count). The van der Waals surface area contributed by atoms with E-state index in [0.717, 1.165) is 0 Å². The quantitative estimate of drug-likeness (QED) is 0.828. The highest BCUT2D eigenvalue weighted by Crippen LogP contribution is 2.12. The van der Waals surface area contributed by atoms with Crippen molar-refractivity contribution in [3.05, 3.63) is 71.3 Å². The van der Waals surface area contributed by atoms with Crippen molar-refractivity contribution in [3.63, 3.8) is 0 Å². The molecule has 0 saturated carbocycles. The molecule has 6 heteroatoms. The van der Waals surface area contributed by atoms with Crippen molar-refractivity contribution in [2.24, 2.45) is 0 Å². The van der Waals surface area contributed by atoms with Crippen LogP contribution in [-0.4, -0.2) is 47.8 Å². The first-order valence-electron chi connectivity index (χ1n) is 9.06. The zero-order valence-corrected chi connectivity index (χ0v) is 15.0. The fraction of sp³-hybridized carbons (Fsp3) is 0.333. The molecule has 0 aromatic heterocycles. The lowest BCUT2D eigenvalue weighted by Gasteiger charge is -2.22. The molecule has 1 aliphatic heterocycles. The SMILES string of the molecule is O=C(Cc1cccc(F)c1)N1CCCN(C(=O)Cc2ccccc2F)CC1. The van der Waals surface area contributed by atoms with Gasteiger partial charge in [0, 0.05) is 26.2 Å². The average Bonchev–Trinajstić information content (AvgIpc) is 2.90. The van der Waals surface area contributed by atoms with Gasteiger partial charge in [-0.15, -0.1) is 0 Å². The zero-order chi connectivity index (χ0) is 19.2. The molecule has 0 bridgehead atoms. The minimum absolute atomic E-state index is 0.0178. The normalized spacial score (nSPS) is 14.7. The van der Waals surface area contributed by atoms with Crippen molar-refractivity contribution in [1.29, 1.82) is 0 Å². The van der Waals surface area contributed by atoms with Crippen LogP contribution in [-0.2, 0) is 22.4 Å². The van der Waals surface area contributed by atoms with E-state index in [1.807, 2.05) is 0 Å². The number of benzene rings is 2. The van der Waals surface area contributed by atoms with Gasteiger partial charge in [0.05, 0.1) is 12.8 Å². The van der Waals surface area contributed by atoms with Crippen LogP contribution in [0.2, 0.25) is 0 Å². The van der Waals surface area contributed by atoms with Gasteiger partial charge in [-0.1, -0.05) is 30.3 Å². The number of hydrogen-bond donors (Lipinski definition) is 0. The van der Waals surface area contributed by atoms with Crippen molar-refractivity contribution < 1.29 is 18.4 Å². The number of nitrogens with zero attached hydrogens (tertiary/aromatic N) is 2. The Bertz CT molecular complexity index is 825. The maximum atomic E-state index is 13.8. The molecule has 1 fully saturated rings. The average molecular weight is 372 g/mol. The first-order valence-corrected chi connectivity index (χ1v) is 9.06.